The summed E-state index contributed by atoms with van der Waals surface area (Å²) in [5.41, 5.74) is -0.0833. The molecule has 56 valence electrons. The van der Waals surface area contributed by atoms with E-state index in [1.165, 1.54) is 18.2 Å². The molecule has 1 aromatic carbocycles. The van der Waals surface area contributed by atoms with Gasteiger partial charge in [0.15, 0.2) is 0 Å². The summed E-state index contributed by atoms with van der Waals surface area (Å²) in [5, 5.41) is 0.617. The number of halogens is 1. The van der Waals surface area contributed by atoms with E-state index in [-0.39, 0.29) is 26.1 Å². The first-order chi connectivity index (χ1) is 5.27. The average molecular weight is 216 g/mol. The van der Waals surface area contributed by atoms with Crippen molar-refractivity contribution in [3.8, 4) is 0 Å². The Morgan fingerprint density at radius 3 is 3.09 bits per heavy atom. The molecule has 0 saturated carbocycles. The van der Waals surface area contributed by atoms with Crippen LogP contribution in [0.2, 0.25) is 0 Å². The van der Waals surface area contributed by atoms with Crippen molar-refractivity contribution in [3.05, 3.63) is 34.4 Å². The Labute approximate surface area is 67.6 Å². The quantitative estimate of drug-likeness (QED) is 0.647. The van der Waals surface area contributed by atoms with Crippen LogP contribution in [0.3, 0.4) is 0 Å². The molecule has 0 bridgehead atoms. The predicted octanol–water partition coefficient (Wildman–Crippen LogP) is 0.724. The molecular formula is C7H4FNOSe. The molecule has 4 heteroatoms. The van der Waals surface area contributed by atoms with Crippen molar-refractivity contribution in [2.24, 2.45) is 0 Å². The molecule has 0 radical (unpaired) electrons. The zero-order valence-electron chi connectivity index (χ0n) is 5.43. The third-order valence-electron chi connectivity index (χ3n) is 1.44. The summed E-state index contributed by atoms with van der Waals surface area (Å²) >= 11 is -0.0749. The number of rotatable bonds is 0. The first-order valence-corrected chi connectivity index (χ1v) is 4.75. The molecule has 1 aromatic heterocycles. The van der Waals surface area contributed by atoms with Crippen LogP contribution < -0.4 is 5.56 Å². The molecule has 1 heterocycles. The van der Waals surface area contributed by atoms with Gasteiger partial charge >= 0.3 is 67.1 Å². The molecule has 0 spiro atoms. The van der Waals surface area contributed by atoms with Gasteiger partial charge < -0.3 is 0 Å². The van der Waals surface area contributed by atoms with Crippen molar-refractivity contribution >= 4 is 24.4 Å². The number of fused-ring (bicyclic) bond motifs is 1. The molecule has 0 aliphatic heterocycles. The van der Waals surface area contributed by atoms with E-state index in [0.717, 1.165) is 4.26 Å². The predicted molar refractivity (Wildman–Crippen MR) is 41.5 cm³/mol. The van der Waals surface area contributed by atoms with Gasteiger partial charge in [-0.25, -0.2) is 0 Å². The van der Waals surface area contributed by atoms with Crippen molar-refractivity contribution in [3.63, 3.8) is 0 Å². The molecule has 2 rings (SSSR count). The summed E-state index contributed by atoms with van der Waals surface area (Å²) in [6, 6.07) is 4.24. The molecule has 0 fully saturated rings. The van der Waals surface area contributed by atoms with E-state index in [1.807, 2.05) is 0 Å². The van der Waals surface area contributed by atoms with E-state index in [9.17, 15) is 9.18 Å². The third kappa shape index (κ3) is 1.04. The van der Waals surface area contributed by atoms with Gasteiger partial charge in [-0.15, -0.1) is 0 Å². The van der Waals surface area contributed by atoms with Crippen molar-refractivity contribution in [1.29, 1.82) is 0 Å². The topological polar surface area (TPSA) is 32.9 Å². The van der Waals surface area contributed by atoms with Gasteiger partial charge in [-0.1, -0.05) is 0 Å². The molecule has 1 N–H and O–H groups in total. The fraction of sp³-hybridized carbons (Fsp3) is 0. The Kier molecular flexibility index (Phi) is 1.44. The van der Waals surface area contributed by atoms with E-state index >= 15 is 0 Å². The van der Waals surface area contributed by atoms with Crippen LogP contribution in [0, 0.1) is 5.82 Å². The third-order valence-corrected chi connectivity index (χ3v) is 3.22. The van der Waals surface area contributed by atoms with Gasteiger partial charge in [0.1, 0.15) is 0 Å². The maximum atomic E-state index is 12.6. The van der Waals surface area contributed by atoms with Crippen LogP contribution in [0.4, 0.5) is 4.39 Å². The number of nitrogens with one attached hydrogen (secondary N) is 1. The molecule has 0 aliphatic rings. The Balaban J connectivity index is 2.97. The summed E-state index contributed by atoms with van der Waals surface area (Å²) < 4.78 is 16.0. The first-order valence-electron chi connectivity index (χ1n) is 3.04. The fourth-order valence-electron chi connectivity index (χ4n) is 0.925. The number of aromatic nitrogens is 1. The van der Waals surface area contributed by atoms with Crippen LogP contribution in [-0.4, -0.2) is 18.7 Å². The van der Waals surface area contributed by atoms with Crippen molar-refractivity contribution in [2.45, 2.75) is 0 Å². The fourth-order valence-corrected chi connectivity index (χ4v) is 2.51. The van der Waals surface area contributed by atoms with Crippen LogP contribution in [0.5, 0.6) is 0 Å². The molecule has 0 unspecified atom stereocenters. The van der Waals surface area contributed by atoms with Gasteiger partial charge in [0, 0.05) is 0 Å². The van der Waals surface area contributed by atoms with E-state index < -0.39 is 0 Å². The monoisotopic (exact) mass is 217 g/mol. The van der Waals surface area contributed by atoms with Crippen LogP contribution in [0.1, 0.15) is 0 Å². The zero-order valence-corrected chi connectivity index (χ0v) is 7.14. The number of hydrogen-bond acceptors (Lipinski definition) is 1. The second kappa shape index (κ2) is 2.32. The summed E-state index contributed by atoms with van der Waals surface area (Å²) in [7, 11) is 0. The van der Waals surface area contributed by atoms with E-state index in [4.69, 9.17) is 0 Å². The molecule has 0 atom stereocenters. The van der Waals surface area contributed by atoms with Crippen LogP contribution >= 0.6 is 0 Å². The van der Waals surface area contributed by atoms with Gasteiger partial charge in [-0.2, -0.15) is 0 Å². The Morgan fingerprint density at radius 1 is 1.45 bits per heavy atom. The van der Waals surface area contributed by atoms with Gasteiger partial charge in [0.05, 0.1) is 0 Å². The Hall–Kier alpha value is -0.861. The van der Waals surface area contributed by atoms with Gasteiger partial charge in [-0.05, 0) is 0 Å². The summed E-state index contributed by atoms with van der Waals surface area (Å²) in [4.78, 5) is 11.0. The van der Waals surface area contributed by atoms with Crippen LogP contribution in [-0.2, 0) is 0 Å². The van der Waals surface area contributed by atoms with Gasteiger partial charge in [0.2, 0.25) is 0 Å². The minimum absolute atomic E-state index is 0.0749. The van der Waals surface area contributed by atoms with E-state index in [1.54, 1.807) is 0 Å². The first kappa shape index (κ1) is 6.83. The molecule has 0 saturated heterocycles. The Morgan fingerprint density at radius 2 is 2.27 bits per heavy atom. The second-order valence-electron chi connectivity index (χ2n) is 2.17. The summed E-state index contributed by atoms with van der Waals surface area (Å²) in [6.45, 7) is 0. The number of benzene rings is 1. The zero-order chi connectivity index (χ0) is 7.84. The van der Waals surface area contributed by atoms with Crippen LogP contribution in [0.15, 0.2) is 23.0 Å². The van der Waals surface area contributed by atoms with Crippen molar-refractivity contribution in [1.82, 2.24) is 3.98 Å². The molecule has 2 nitrogen and oxygen atoms in total. The van der Waals surface area contributed by atoms with Crippen LogP contribution in [0.25, 0.3) is 9.65 Å². The minimum atomic E-state index is -0.276. The SMILES string of the molecule is O=c1[nH][se]c2cc(F)ccc12. The summed E-state index contributed by atoms with van der Waals surface area (Å²) in [6.07, 6.45) is 0. The van der Waals surface area contributed by atoms with E-state index in [0.29, 0.717) is 5.39 Å². The Bertz CT molecular complexity index is 445. The summed E-state index contributed by atoms with van der Waals surface area (Å²) in [5.74, 6) is -0.276. The normalized spacial score (nSPS) is 10.6. The molecule has 2 aromatic rings. The molecule has 11 heavy (non-hydrogen) atoms. The van der Waals surface area contributed by atoms with E-state index in [2.05, 4.69) is 3.98 Å². The number of H-pyrrole nitrogens is 1. The van der Waals surface area contributed by atoms with Gasteiger partial charge in [0.25, 0.3) is 0 Å². The molecule has 0 amide bonds. The number of aromatic amines is 1. The molecule has 0 aliphatic carbocycles. The number of hydrogen-bond donors (Lipinski definition) is 1. The second-order valence-corrected chi connectivity index (χ2v) is 3.95. The van der Waals surface area contributed by atoms with Crippen molar-refractivity contribution < 1.29 is 4.39 Å². The average Bonchev–Trinajstić information content (AvgIpc) is 2.32. The van der Waals surface area contributed by atoms with Gasteiger partial charge in [-0.3, -0.25) is 0 Å². The van der Waals surface area contributed by atoms with Crippen molar-refractivity contribution in [2.75, 3.05) is 0 Å². The molecular weight excluding hydrogens is 212 g/mol. The maximum absolute atomic E-state index is 12.6. The standard InChI is InChI=1S/C7H4FNOSe/c8-4-1-2-5-6(3-4)11-9-7(5)10/h1-3H,(H,9,10).